The van der Waals surface area contributed by atoms with Crippen molar-refractivity contribution in [3.8, 4) is 0 Å². The lowest BCUT2D eigenvalue weighted by atomic mass is 10.1. The second kappa shape index (κ2) is 7.13. The fourth-order valence-electron chi connectivity index (χ4n) is 3.45. The van der Waals surface area contributed by atoms with Crippen LogP contribution in [-0.2, 0) is 14.3 Å². The van der Waals surface area contributed by atoms with Crippen molar-refractivity contribution >= 4 is 23.5 Å². The maximum Gasteiger partial charge on any atom is 0.337 e. The van der Waals surface area contributed by atoms with Gasteiger partial charge in [0, 0.05) is 37.8 Å². The first-order valence-electron chi connectivity index (χ1n) is 8.52. The summed E-state index contributed by atoms with van der Waals surface area (Å²) in [5.74, 6) is -0.386. The van der Waals surface area contributed by atoms with Crippen LogP contribution in [0.3, 0.4) is 0 Å². The van der Waals surface area contributed by atoms with E-state index in [0.29, 0.717) is 38.0 Å². The van der Waals surface area contributed by atoms with Gasteiger partial charge in [0.05, 0.1) is 12.7 Å². The number of carbonyl (C=O) groups is 3. The summed E-state index contributed by atoms with van der Waals surface area (Å²) in [6, 6.07) is 6.97. The molecule has 0 aliphatic carbocycles. The molecule has 1 N–H and O–H groups in total. The monoisotopic (exact) mass is 345 g/mol. The number of hydrogen-bond acceptors (Lipinski definition) is 5. The zero-order valence-electron chi connectivity index (χ0n) is 14.5. The van der Waals surface area contributed by atoms with E-state index < -0.39 is 0 Å². The fourth-order valence-corrected chi connectivity index (χ4v) is 3.45. The molecule has 0 saturated carbocycles. The quantitative estimate of drug-likeness (QED) is 0.820. The Kier molecular flexibility index (Phi) is 4.92. The van der Waals surface area contributed by atoms with E-state index in [4.69, 9.17) is 4.74 Å². The SMILES string of the molecule is COC(=O)c1ccc(N2CCN(C(=O)[C@@H]3CCC(=O)N3)[C@@H](C)C2)cc1. The van der Waals surface area contributed by atoms with Gasteiger partial charge in [-0.3, -0.25) is 9.59 Å². The highest BCUT2D eigenvalue weighted by Crippen LogP contribution is 2.21. The first-order chi connectivity index (χ1) is 12.0. The molecule has 2 fully saturated rings. The third kappa shape index (κ3) is 3.60. The lowest BCUT2D eigenvalue weighted by Gasteiger charge is -2.41. The maximum absolute atomic E-state index is 12.6. The highest BCUT2D eigenvalue weighted by atomic mass is 16.5. The van der Waals surface area contributed by atoms with Gasteiger partial charge >= 0.3 is 5.97 Å². The minimum Gasteiger partial charge on any atom is -0.465 e. The molecule has 2 aliphatic rings. The van der Waals surface area contributed by atoms with Crippen LogP contribution in [0, 0.1) is 0 Å². The van der Waals surface area contributed by atoms with Gasteiger partial charge in [0.15, 0.2) is 0 Å². The van der Waals surface area contributed by atoms with Gasteiger partial charge in [-0.15, -0.1) is 0 Å². The Bertz CT molecular complexity index is 673. The van der Waals surface area contributed by atoms with Gasteiger partial charge < -0.3 is 19.9 Å². The fraction of sp³-hybridized carbons (Fsp3) is 0.500. The lowest BCUT2D eigenvalue weighted by molar-refractivity contribution is -0.136. The number of ether oxygens (including phenoxy) is 1. The van der Waals surface area contributed by atoms with Gasteiger partial charge in [0.1, 0.15) is 6.04 Å². The molecule has 2 saturated heterocycles. The van der Waals surface area contributed by atoms with Crippen molar-refractivity contribution < 1.29 is 19.1 Å². The minimum absolute atomic E-state index is 0.0130. The molecule has 3 rings (SSSR count). The number of nitrogens with zero attached hydrogens (tertiary/aromatic N) is 2. The predicted molar refractivity (Wildman–Crippen MR) is 92.3 cm³/mol. The van der Waals surface area contributed by atoms with E-state index in [1.165, 1.54) is 7.11 Å². The van der Waals surface area contributed by atoms with E-state index in [2.05, 4.69) is 10.2 Å². The van der Waals surface area contributed by atoms with Gasteiger partial charge in [-0.25, -0.2) is 4.79 Å². The molecule has 1 aromatic carbocycles. The van der Waals surface area contributed by atoms with Crippen LogP contribution in [0.1, 0.15) is 30.1 Å². The molecule has 25 heavy (non-hydrogen) atoms. The number of amides is 2. The molecule has 0 aromatic heterocycles. The van der Waals surface area contributed by atoms with Gasteiger partial charge in [-0.1, -0.05) is 0 Å². The van der Waals surface area contributed by atoms with Crippen molar-refractivity contribution in [2.75, 3.05) is 31.6 Å². The van der Waals surface area contributed by atoms with Crippen molar-refractivity contribution in [3.63, 3.8) is 0 Å². The van der Waals surface area contributed by atoms with Crippen molar-refractivity contribution in [3.05, 3.63) is 29.8 Å². The number of rotatable bonds is 3. The van der Waals surface area contributed by atoms with Crippen molar-refractivity contribution in [2.45, 2.75) is 31.8 Å². The zero-order valence-corrected chi connectivity index (χ0v) is 14.5. The molecule has 134 valence electrons. The number of nitrogens with one attached hydrogen (secondary N) is 1. The van der Waals surface area contributed by atoms with E-state index in [1.54, 1.807) is 12.1 Å². The van der Waals surface area contributed by atoms with E-state index in [9.17, 15) is 14.4 Å². The summed E-state index contributed by atoms with van der Waals surface area (Å²) in [5, 5.41) is 2.75. The number of carbonyl (C=O) groups excluding carboxylic acids is 3. The number of benzene rings is 1. The van der Waals surface area contributed by atoms with Crippen molar-refractivity contribution in [1.82, 2.24) is 10.2 Å². The number of methoxy groups -OCH3 is 1. The van der Waals surface area contributed by atoms with Crippen LogP contribution in [0.2, 0.25) is 0 Å². The summed E-state index contributed by atoms with van der Waals surface area (Å²) in [6.45, 7) is 4.06. The zero-order chi connectivity index (χ0) is 18.0. The summed E-state index contributed by atoms with van der Waals surface area (Å²) in [5.41, 5.74) is 1.53. The van der Waals surface area contributed by atoms with Crippen LogP contribution in [0.4, 0.5) is 5.69 Å². The van der Waals surface area contributed by atoms with Crippen LogP contribution in [0.5, 0.6) is 0 Å². The summed E-state index contributed by atoms with van der Waals surface area (Å²) in [4.78, 5) is 39.5. The highest BCUT2D eigenvalue weighted by molar-refractivity contribution is 5.91. The molecule has 0 unspecified atom stereocenters. The number of piperazine rings is 1. The predicted octanol–water partition coefficient (Wildman–Crippen LogP) is 0.789. The second-order valence-corrected chi connectivity index (χ2v) is 6.52. The maximum atomic E-state index is 12.6. The summed E-state index contributed by atoms with van der Waals surface area (Å²) < 4.78 is 4.71. The van der Waals surface area contributed by atoms with E-state index in [0.717, 1.165) is 5.69 Å². The molecule has 2 amide bonds. The largest absolute Gasteiger partial charge is 0.465 e. The van der Waals surface area contributed by atoms with Crippen molar-refractivity contribution in [2.24, 2.45) is 0 Å². The van der Waals surface area contributed by atoms with E-state index in [-0.39, 0.29) is 29.9 Å². The topological polar surface area (TPSA) is 79.0 Å². The molecular formula is C18H23N3O4. The van der Waals surface area contributed by atoms with Crippen molar-refractivity contribution in [1.29, 1.82) is 0 Å². The molecule has 2 heterocycles. The van der Waals surface area contributed by atoms with Crippen LogP contribution < -0.4 is 10.2 Å². The van der Waals surface area contributed by atoms with E-state index in [1.807, 2.05) is 24.0 Å². The third-order valence-corrected chi connectivity index (χ3v) is 4.86. The molecule has 0 radical (unpaired) electrons. The smallest absolute Gasteiger partial charge is 0.337 e. The van der Waals surface area contributed by atoms with Gasteiger partial charge in [0.2, 0.25) is 11.8 Å². The summed E-state index contributed by atoms with van der Waals surface area (Å²) in [6.07, 6.45) is 1.01. The Balaban J connectivity index is 1.62. The van der Waals surface area contributed by atoms with Gasteiger partial charge in [-0.05, 0) is 37.6 Å². The van der Waals surface area contributed by atoms with Gasteiger partial charge in [-0.2, -0.15) is 0 Å². The molecule has 7 heteroatoms. The number of hydrogen-bond donors (Lipinski definition) is 1. The van der Waals surface area contributed by atoms with Crippen LogP contribution in [0.25, 0.3) is 0 Å². The van der Waals surface area contributed by atoms with Crippen LogP contribution in [-0.4, -0.2) is 61.5 Å². The Morgan fingerprint density at radius 1 is 1.20 bits per heavy atom. The second-order valence-electron chi connectivity index (χ2n) is 6.52. The standard InChI is InChI=1S/C18H23N3O4/c1-12-11-20(14-5-3-13(4-6-14)18(24)25-2)9-10-21(12)17(23)15-7-8-16(22)19-15/h3-6,12,15H,7-11H2,1-2H3,(H,19,22)/t12-,15-/m0/s1. The third-order valence-electron chi connectivity index (χ3n) is 4.86. The molecule has 0 bridgehead atoms. The minimum atomic E-state index is -0.374. The number of esters is 1. The molecule has 1 aromatic rings. The molecule has 0 spiro atoms. The van der Waals surface area contributed by atoms with Gasteiger partial charge in [0.25, 0.3) is 0 Å². The summed E-state index contributed by atoms with van der Waals surface area (Å²) in [7, 11) is 1.36. The Morgan fingerprint density at radius 2 is 1.92 bits per heavy atom. The molecule has 2 atom stereocenters. The van der Waals surface area contributed by atoms with Crippen LogP contribution in [0.15, 0.2) is 24.3 Å². The molecule has 7 nitrogen and oxygen atoms in total. The number of anilines is 1. The normalized spacial score (nSPS) is 23.4. The first kappa shape index (κ1) is 17.3. The molecular weight excluding hydrogens is 322 g/mol. The lowest BCUT2D eigenvalue weighted by Crippen LogP contribution is -2.57. The van der Waals surface area contributed by atoms with Crippen LogP contribution >= 0.6 is 0 Å². The average molecular weight is 345 g/mol. The highest BCUT2D eigenvalue weighted by Gasteiger charge is 2.35. The first-order valence-corrected chi connectivity index (χ1v) is 8.52. The Morgan fingerprint density at radius 3 is 2.48 bits per heavy atom. The Labute approximate surface area is 146 Å². The molecule has 2 aliphatic heterocycles. The van der Waals surface area contributed by atoms with E-state index >= 15 is 0 Å². The summed E-state index contributed by atoms with van der Waals surface area (Å²) >= 11 is 0. The Hall–Kier alpha value is -2.57. The average Bonchev–Trinajstić information content (AvgIpc) is 3.07.